The Morgan fingerprint density at radius 3 is 2.78 bits per heavy atom. The number of fused-ring (bicyclic) bond motifs is 1. The quantitative estimate of drug-likeness (QED) is 0.819. The van der Waals surface area contributed by atoms with Crippen LogP contribution in [-0.2, 0) is 6.42 Å². The maximum absolute atomic E-state index is 11.5. The zero-order chi connectivity index (χ0) is 13.0. The van der Waals surface area contributed by atoms with E-state index in [9.17, 15) is 4.79 Å². The highest BCUT2D eigenvalue weighted by Gasteiger charge is 2.09. The van der Waals surface area contributed by atoms with Gasteiger partial charge in [0.05, 0.1) is 11.1 Å². The summed E-state index contributed by atoms with van der Waals surface area (Å²) in [5.41, 5.74) is 7.81. The Morgan fingerprint density at radius 1 is 1.28 bits per heavy atom. The van der Waals surface area contributed by atoms with Gasteiger partial charge < -0.3 is 5.73 Å². The van der Waals surface area contributed by atoms with Gasteiger partial charge in [0.15, 0.2) is 0 Å². The molecule has 0 atom stereocenters. The normalized spacial score (nSPS) is 10.7. The van der Waals surface area contributed by atoms with Crippen LogP contribution in [0, 0.1) is 0 Å². The van der Waals surface area contributed by atoms with E-state index >= 15 is 0 Å². The van der Waals surface area contributed by atoms with Crippen LogP contribution < -0.4 is 5.73 Å². The van der Waals surface area contributed by atoms with E-state index in [1.807, 2.05) is 30.3 Å². The fraction of sp³-hybridized carbons (Fsp3) is 0.333. The summed E-state index contributed by atoms with van der Waals surface area (Å²) in [6, 6.07) is 9.47. The Bertz CT molecular complexity index is 563. The van der Waals surface area contributed by atoms with Crippen molar-refractivity contribution in [3.63, 3.8) is 0 Å². The number of unbranched alkanes of at least 4 members (excludes halogenated alkanes) is 2. The molecule has 0 unspecified atom stereocenters. The van der Waals surface area contributed by atoms with Crippen molar-refractivity contribution in [1.82, 2.24) is 4.98 Å². The summed E-state index contributed by atoms with van der Waals surface area (Å²) in [7, 11) is 0. The number of benzene rings is 1. The van der Waals surface area contributed by atoms with Gasteiger partial charge in [-0.2, -0.15) is 0 Å². The number of hydrogen-bond acceptors (Lipinski definition) is 2. The average molecular weight is 242 g/mol. The standard InChI is InChI=1S/C15H18N2O/c1-2-3-4-7-11-10-13(15(16)18)12-8-5-6-9-14(12)17-11/h5-6,8-10H,2-4,7H2,1H3,(H2,16,18). The number of amides is 1. The van der Waals surface area contributed by atoms with Crippen molar-refractivity contribution in [2.45, 2.75) is 32.6 Å². The highest BCUT2D eigenvalue weighted by atomic mass is 16.1. The van der Waals surface area contributed by atoms with Crippen molar-refractivity contribution in [1.29, 1.82) is 0 Å². The first kappa shape index (κ1) is 12.6. The van der Waals surface area contributed by atoms with Gasteiger partial charge in [0, 0.05) is 11.1 Å². The molecule has 0 saturated heterocycles. The minimum absolute atomic E-state index is 0.384. The predicted molar refractivity (Wildman–Crippen MR) is 73.5 cm³/mol. The van der Waals surface area contributed by atoms with Gasteiger partial charge in [-0.05, 0) is 25.0 Å². The molecule has 0 aliphatic carbocycles. The lowest BCUT2D eigenvalue weighted by Gasteiger charge is -2.07. The second-order valence-corrected chi connectivity index (χ2v) is 4.50. The first-order valence-electron chi connectivity index (χ1n) is 6.41. The third kappa shape index (κ3) is 2.67. The van der Waals surface area contributed by atoms with Crippen molar-refractivity contribution in [3.8, 4) is 0 Å². The summed E-state index contributed by atoms with van der Waals surface area (Å²) in [5.74, 6) is -0.384. The number of carbonyl (C=O) groups excluding carboxylic acids is 1. The molecule has 0 aliphatic rings. The lowest BCUT2D eigenvalue weighted by Crippen LogP contribution is -2.12. The molecule has 0 bridgehead atoms. The number of rotatable bonds is 5. The molecule has 2 rings (SSSR count). The van der Waals surface area contributed by atoms with Gasteiger partial charge in [-0.1, -0.05) is 38.0 Å². The van der Waals surface area contributed by atoms with Crippen LogP contribution in [-0.4, -0.2) is 10.9 Å². The number of hydrogen-bond donors (Lipinski definition) is 1. The van der Waals surface area contributed by atoms with Gasteiger partial charge >= 0.3 is 0 Å². The third-order valence-corrected chi connectivity index (χ3v) is 3.07. The molecule has 94 valence electrons. The summed E-state index contributed by atoms with van der Waals surface area (Å²) in [5, 5.41) is 0.837. The molecule has 1 heterocycles. The topological polar surface area (TPSA) is 56.0 Å². The van der Waals surface area contributed by atoms with E-state index in [2.05, 4.69) is 11.9 Å². The van der Waals surface area contributed by atoms with Crippen LogP contribution in [0.1, 0.15) is 42.2 Å². The summed E-state index contributed by atoms with van der Waals surface area (Å²) in [6.45, 7) is 2.17. The first-order chi connectivity index (χ1) is 8.72. The Labute approximate surface area is 107 Å². The second kappa shape index (κ2) is 5.63. The lowest BCUT2D eigenvalue weighted by molar-refractivity contribution is 0.100. The number of primary amides is 1. The van der Waals surface area contributed by atoms with E-state index in [1.54, 1.807) is 0 Å². The Morgan fingerprint density at radius 2 is 2.06 bits per heavy atom. The fourth-order valence-electron chi connectivity index (χ4n) is 2.12. The smallest absolute Gasteiger partial charge is 0.249 e. The van der Waals surface area contributed by atoms with E-state index < -0.39 is 0 Å². The molecule has 0 saturated carbocycles. The van der Waals surface area contributed by atoms with Crippen LogP contribution in [0.5, 0.6) is 0 Å². The number of pyridine rings is 1. The predicted octanol–water partition coefficient (Wildman–Crippen LogP) is 3.07. The maximum atomic E-state index is 11.5. The number of nitrogens with zero attached hydrogens (tertiary/aromatic N) is 1. The monoisotopic (exact) mass is 242 g/mol. The molecule has 2 aromatic rings. The molecule has 1 aromatic heterocycles. The van der Waals surface area contributed by atoms with Gasteiger partial charge in [-0.25, -0.2) is 0 Å². The van der Waals surface area contributed by atoms with Crippen LogP contribution >= 0.6 is 0 Å². The minimum Gasteiger partial charge on any atom is -0.366 e. The number of carbonyl (C=O) groups is 1. The molecule has 0 radical (unpaired) electrons. The molecule has 0 spiro atoms. The van der Waals surface area contributed by atoms with Crippen LogP contribution in [0.25, 0.3) is 10.9 Å². The SMILES string of the molecule is CCCCCc1cc(C(N)=O)c2ccccc2n1. The van der Waals surface area contributed by atoms with Gasteiger partial charge in [0.1, 0.15) is 0 Å². The largest absolute Gasteiger partial charge is 0.366 e. The second-order valence-electron chi connectivity index (χ2n) is 4.50. The first-order valence-corrected chi connectivity index (χ1v) is 6.41. The molecule has 3 heteroatoms. The van der Waals surface area contributed by atoms with Gasteiger partial charge in [-0.3, -0.25) is 9.78 Å². The van der Waals surface area contributed by atoms with Gasteiger partial charge in [0.25, 0.3) is 0 Å². The molecular weight excluding hydrogens is 224 g/mol. The van der Waals surface area contributed by atoms with Crippen LogP contribution in [0.4, 0.5) is 0 Å². The highest BCUT2D eigenvalue weighted by Crippen LogP contribution is 2.19. The van der Waals surface area contributed by atoms with Crippen LogP contribution in [0.2, 0.25) is 0 Å². The van der Waals surface area contributed by atoms with Gasteiger partial charge in [0.2, 0.25) is 5.91 Å². The van der Waals surface area contributed by atoms with E-state index in [-0.39, 0.29) is 5.91 Å². The van der Waals surface area contributed by atoms with Crippen molar-refractivity contribution >= 4 is 16.8 Å². The van der Waals surface area contributed by atoms with Crippen molar-refractivity contribution in [3.05, 3.63) is 41.6 Å². The third-order valence-electron chi connectivity index (χ3n) is 3.07. The van der Waals surface area contributed by atoms with Gasteiger partial charge in [-0.15, -0.1) is 0 Å². The molecule has 2 N–H and O–H groups in total. The molecule has 1 amide bonds. The molecule has 3 nitrogen and oxygen atoms in total. The zero-order valence-corrected chi connectivity index (χ0v) is 10.6. The van der Waals surface area contributed by atoms with Crippen molar-refractivity contribution < 1.29 is 4.79 Å². The summed E-state index contributed by atoms with van der Waals surface area (Å²) >= 11 is 0. The summed E-state index contributed by atoms with van der Waals surface area (Å²) in [4.78, 5) is 16.1. The lowest BCUT2D eigenvalue weighted by atomic mass is 10.0. The average Bonchev–Trinajstić information content (AvgIpc) is 2.38. The Balaban J connectivity index is 2.41. The van der Waals surface area contributed by atoms with Crippen LogP contribution in [0.3, 0.4) is 0 Å². The Hall–Kier alpha value is -1.90. The maximum Gasteiger partial charge on any atom is 0.249 e. The van der Waals surface area contributed by atoms with E-state index in [4.69, 9.17) is 5.73 Å². The van der Waals surface area contributed by atoms with Crippen molar-refractivity contribution in [2.75, 3.05) is 0 Å². The molecular formula is C15H18N2O. The fourth-order valence-corrected chi connectivity index (χ4v) is 2.12. The molecule has 0 aliphatic heterocycles. The molecule has 1 aromatic carbocycles. The van der Waals surface area contributed by atoms with E-state index in [0.717, 1.165) is 29.4 Å². The number of aryl methyl sites for hydroxylation is 1. The van der Waals surface area contributed by atoms with E-state index in [0.29, 0.717) is 5.56 Å². The van der Waals surface area contributed by atoms with Crippen LogP contribution in [0.15, 0.2) is 30.3 Å². The summed E-state index contributed by atoms with van der Waals surface area (Å²) in [6.07, 6.45) is 4.36. The zero-order valence-electron chi connectivity index (χ0n) is 10.6. The summed E-state index contributed by atoms with van der Waals surface area (Å²) < 4.78 is 0. The number of nitrogens with two attached hydrogens (primary N) is 1. The Kier molecular flexibility index (Phi) is 3.92. The van der Waals surface area contributed by atoms with E-state index in [1.165, 1.54) is 12.8 Å². The molecule has 0 fully saturated rings. The molecule has 18 heavy (non-hydrogen) atoms. The number of aromatic nitrogens is 1. The van der Waals surface area contributed by atoms with Crippen molar-refractivity contribution in [2.24, 2.45) is 5.73 Å². The minimum atomic E-state index is -0.384. The number of para-hydroxylation sites is 1. The highest BCUT2D eigenvalue weighted by molar-refractivity contribution is 6.05.